The van der Waals surface area contributed by atoms with Crippen LogP contribution in [-0.2, 0) is 30.7 Å². The van der Waals surface area contributed by atoms with Gasteiger partial charge in [0.25, 0.3) is 5.91 Å². The molecular weight excluding hydrogens is 456 g/mol. The van der Waals surface area contributed by atoms with Gasteiger partial charge in [0.2, 0.25) is 0 Å². The van der Waals surface area contributed by atoms with Crippen molar-refractivity contribution in [2.75, 3.05) is 26.6 Å². The molecule has 3 rings (SSSR count). The monoisotopic (exact) mass is 478 g/mol. The number of esters is 1. The average molecular weight is 479 g/mol. The number of hydrogen-bond donors (Lipinski definition) is 0. The third kappa shape index (κ3) is 5.35. The van der Waals surface area contributed by atoms with Gasteiger partial charge in [0.05, 0.1) is 35.9 Å². The number of carbonyl (C=O) groups excluding carboxylic acids is 2. The Kier molecular flexibility index (Phi) is 7.31. The molecule has 1 heterocycles. The quantitative estimate of drug-likeness (QED) is 0.456. The molecule has 170 valence electrons. The van der Waals surface area contributed by atoms with Crippen LogP contribution in [0.2, 0.25) is 0 Å². The minimum atomic E-state index is -3.90. The van der Waals surface area contributed by atoms with Gasteiger partial charge < -0.3 is 18.8 Å². The summed E-state index contributed by atoms with van der Waals surface area (Å²) in [4.78, 5) is 28.6. The highest BCUT2D eigenvalue weighted by Gasteiger charge is 2.20. The van der Waals surface area contributed by atoms with Gasteiger partial charge in [-0.1, -0.05) is 11.3 Å². The summed E-state index contributed by atoms with van der Waals surface area (Å²) in [7, 11) is -1.18. The van der Waals surface area contributed by atoms with Crippen molar-refractivity contribution >= 4 is 43.3 Å². The topological polar surface area (TPSA) is 113 Å². The fourth-order valence-corrected chi connectivity index (χ4v) is 5.09. The summed E-state index contributed by atoms with van der Waals surface area (Å²) in [5.41, 5.74) is 0.647. The van der Waals surface area contributed by atoms with Crippen molar-refractivity contribution in [1.29, 1.82) is 0 Å². The molecule has 2 aromatic carbocycles. The Morgan fingerprint density at radius 1 is 1.06 bits per heavy atom. The number of thiazole rings is 1. The standard InChI is InChI=1S/C21H22N2O7S2/c1-4-30-15-7-10-17-18(11-15)31-21(23(17)12-20(25)29-3)22-19(24)13-32(26,27)16-8-5-14(28-2)6-9-16/h5-11H,4,12-13H2,1-3H3. The SMILES string of the molecule is CCOc1ccc2c(c1)sc(=NC(=O)CS(=O)(=O)c1ccc(OC)cc1)n2CC(=O)OC. The second-order valence-electron chi connectivity index (χ2n) is 6.55. The number of aromatic nitrogens is 1. The van der Waals surface area contributed by atoms with E-state index in [-0.39, 0.29) is 16.2 Å². The molecule has 1 amide bonds. The van der Waals surface area contributed by atoms with Gasteiger partial charge in [-0.2, -0.15) is 4.99 Å². The minimum Gasteiger partial charge on any atom is -0.497 e. The van der Waals surface area contributed by atoms with E-state index >= 15 is 0 Å². The second-order valence-corrected chi connectivity index (χ2v) is 9.55. The Labute approximate surface area is 188 Å². The number of methoxy groups -OCH3 is 2. The first-order valence-electron chi connectivity index (χ1n) is 9.54. The molecule has 0 atom stereocenters. The maximum absolute atomic E-state index is 12.6. The molecule has 0 aliphatic heterocycles. The number of amides is 1. The molecule has 0 spiro atoms. The Morgan fingerprint density at radius 3 is 2.38 bits per heavy atom. The summed E-state index contributed by atoms with van der Waals surface area (Å²) in [5.74, 6) is -1.06. The number of sulfone groups is 1. The zero-order valence-corrected chi connectivity index (χ0v) is 19.4. The fraction of sp³-hybridized carbons (Fsp3) is 0.286. The molecule has 1 aromatic heterocycles. The predicted molar refractivity (Wildman–Crippen MR) is 119 cm³/mol. The summed E-state index contributed by atoms with van der Waals surface area (Å²) in [6, 6.07) is 11.0. The Morgan fingerprint density at radius 2 is 1.75 bits per heavy atom. The smallest absolute Gasteiger partial charge is 0.325 e. The Balaban J connectivity index is 1.98. The number of hydrogen-bond acceptors (Lipinski definition) is 8. The van der Waals surface area contributed by atoms with E-state index in [1.54, 1.807) is 18.2 Å². The number of rotatable bonds is 8. The number of nitrogens with zero attached hydrogens (tertiary/aromatic N) is 2. The second kappa shape index (κ2) is 9.96. The number of benzene rings is 2. The highest BCUT2D eigenvalue weighted by Crippen LogP contribution is 2.24. The van der Waals surface area contributed by atoms with Crippen LogP contribution in [-0.4, -0.2) is 51.4 Å². The van der Waals surface area contributed by atoms with Crippen LogP contribution in [0, 0.1) is 0 Å². The van der Waals surface area contributed by atoms with E-state index < -0.39 is 27.5 Å². The molecule has 0 aliphatic rings. The lowest BCUT2D eigenvalue weighted by molar-refractivity contribution is -0.141. The molecule has 0 saturated carbocycles. The fourth-order valence-electron chi connectivity index (χ4n) is 2.91. The third-order valence-corrected chi connectivity index (χ3v) is 7.09. The summed E-state index contributed by atoms with van der Waals surface area (Å²) in [5, 5.41) is 0. The van der Waals surface area contributed by atoms with Crippen LogP contribution in [0.5, 0.6) is 11.5 Å². The van der Waals surface area contributed by atoms with Crippen molar-refractivity contribution in [2.24, 2.45) is 4.99 Å². The molecule has 0 fully saturated rings. The Hall–Kier alpha value is -3.18. The molecule has 0 bridgehead atoms. The van der Waals surface area contributed by atoms with Crippen molar-refractivity contribution in [2.45, 2.75) is 18.4 Å². The zero-order valence-electron chi connectivity index (χ0n) is 17.7. The van der Waals surface area contributed by atoms with Gasteiger partial charge >= 0.3 is 5.97 Å². The molecular formula is C21H22N2O7S2. The van der Waals surface area contributed by atoms with Gasteiger partial charge in [-0.15, -0.1) is 0 Å². The first-order chi connectivity index (χ1) is 15.3. The summed E-state index contributed by atoms with van der Waals surface area (Å²) < 4.78 is 42.7. The Bertz CT molecular complexity index is 1310. The first-order valence-corrected chi connectivity index (χ1v) is 12.0. The van der Waals surface area contributed by atoms with Crippen LogP contribution in [0.3, 0.4) is 0 Å². The van der Waals surface area contributed by atoms with Crippen LogP contribution in [0.4, 0.5) is 0 Å². The van der Waals surface area contributed by atoms with E-state index in [1.807, 2.05) is 6.92 Å². The van der Waals surface area contributed by atoms with E-state index in [1.165, 1.54) is 43.1 Å². The molecule has 0 aliphatic carbocycles. The third-order valence-electron chi connectivity index (χ3n) is 4.43. The van der Waals surface area contributed by atoms with Crippen molar-refractivity contribution in [3.63, 3.8) is 0 Å². The van der Waals surface area contributed by atoms with Gasteiger partial charge in [-0.05, 0) is 49.4 Å². The van der Waals surface area contributed by atoms with Gasteiger partial charge in [-0.25, -0.2) is 8.42 Å². The molecule has 32 heavy (non-hydrogen) atoms. The normalized spacial score (nSPS) is 12.0. The van der Waals surface area contributed by atoms with Crippen molar-refractivity contribution in [3.8, 4) is 11.5 Å². The number of carbonyl (C=O) groups is 2. The largest absolute Gasteiger partial charge is 0.497 e. The zero-order chi connectivity index (χ0) is 23.3. The van der Waals surface area contributed by atoms with E-state index in [9.17, 15) is 18.0 Å². The van der Waals surface area contributed by atoms with E-state index in [0.29, 0.717) is 23.6 Å². The van der Waals surface area contributed by atoms with Crippen LogP contribution >= 0.6 is 11.3 Å². The van der Waals surface area contributed by atoms with Crippen LogP contribution in [0.25, 0.3) is 10.2 Å². The minimum absolute atomic E-state index is 0.0121. The van der Waals surface area contributed by atoms with Gasteiger partial charge in [0.1, 0.15) is 23.8 Å². The molecule has 3 aromatic rings. The van der Waals surface area contributed by atoms with Crippen molar-refractivity contribution in [3.05, 3.63) is 47.3 Å². The summed E-state index contributed by atoms with van der Waals surface area (Å²) >= 11 is 1.15. The first kappa shape index (κ1) is 23.5. The molecule has 0 radical (unpaired) electrons. The average Bonchev–Trinajstić information content (AvgIpc) is 3.09. The number of ether oxygens (including phenoxy) is 3. The van der Waals surface area contributed by atoms with Crippen molar-refractivity contribution in [1.82, 2.24) is 4.57 Å². The molecule has 0 saturated heterocycles. The van der Waals surface area contributed by atoms with Gasteiger partial charge in [0, 0.05) is 0 Å². The van der Waals surface area contributed by atoms with Crippen LogP contribution in [0.15, 0.2) is 52.4 Å². The van der Waals surface area contributed by atoms with E-state index in [4.69, 9.17) is 14.2 Å². The molecule has 0 N–H and O–H groups in total. The number of fused-ring (bicyclic) bond motifs is 1. The lowest BCUT2D eigenvalue weighted by Crippen LogP contribution is -2.24. The lowest BCUT2D eigenvalue weighted by atomic mass is 10.3. The van der Waals surface area contributed by atoms with Gasteiger partial charge in [0.15, 0.2) is 14.6 Å². The van der Waals surface area contributed by atoms with Crippen LogP contribution < -0.4 is 14.3 Å². The highest BCUT2D eigenvalue weighted by molar-refractivity contribution is 7.92. The maximum Gasteiger partial charge on any atom is 0.325 e. The van der Waals surface area contributed by atoms with E-state index in [2.05, 4.69) is 4.99 Å². The molecule has 11 heteroatoms. The van der Waals surface area contributed by atoms with Crippen LogP contribution in [0.1, 0.15) is 6.92 Å². The maximum atomic E-state index is 12.6. The van der Waals surface area contributed by atoms with Gasteiger partial charge in [-0.3, -0.25) is 9.59 Å². The molecule has 9 nitrogen and oxygen atoms in total. The predicted octanol–water partition coefficient (Wildman–Crippen LogP) is 2.18. The summed E-state index contributed by atoms with van der Waals surface area (Å²) in [6.45, 7) is 2.17. The van der Waals surface area contributed by atoms with Crippen molar-refractivity contribution < 1.29 is 32.2 Å². The molecule has 0 unspecified atom stereocenters. The summed E-state index contributed by atoms with van der Waals surface area (Å²) in [6.07, 6.45) is 0. The van der Waals surface area contributed by atoms with E-state index in [0.717, 1.165) is 16.0 Å². The highest BCUT2D eigenvalue weighted by atomic mass is 32.2. The lowest BCUT2D eigenvalue weighted by Gasteiger charge is -2.05.